The molecule has 0 amide bonds. The van der Waals surface area contributed by atoms with Crippen molar-refractivity contribution < 1.29 is 4.79 Å². The van der Waals surface area contributed by atoms with Crippen molar-refractivity contribution in [2.24, 2.45) is 7.05 Å². The third-order valence-corrected chi connectivity index (χ3v) is 2.47. The van der Waals surface area contributed by atoms with Crippen LogP contribution in [-0.4, -0.2) is 20.5 Å². The molecule has 0 atom stereocenters. The molecular weight excluding hydrogens is 202 g/mol. The number of pyridine rings is 1. The Hall–Kier alpha value is -1.97. The molecular formula is C12H13N3O. The van der Waals surface area contributed by atoms with Crippen molar-refractivity contribution in [3.05, 3.63) is 48.0 Å². The molecule has 0 saturated carbocycles. The van der Waals surface area contributed by atoms with Gasteiger partial charge in [0.05, 0.1) is 0 Å². The van der Waals surface area contributed by atoms with Gasteiger partial charge >= 0.3 is 0 Å². The quantitative estimate of drug-likeness (QED) is 0.728. The molecule has 0 aromatic carbocycles. The van der Waals surface area contributed by atoms with Gasteiger partial charge in [-0.3, -0.25) is 14.5 Å². The summed E-state index contributed by atoms with van der Waals surface area (Å²) in [4.78, 5) is 15.8. The Kier molecular flexibility index (Phi) is 3.10. The average molecular weight is 215 g/mol. The van der Waals surface area contributed by atoms with Crippen LogP contribution in [0, 0.1) is 0 Å². The van der Waals surface area contributed by atoms with Gasteiger partial charge in [-0.15, -0.1) is 0 Å². The van der Waals surface area contributed by atoms with Crippen molar-refractivity contribution in [2.45, 2.75) is 12.8 Å². The van der Waals surface area contributed by atoms with Crippen molar-refractivity contribution >= 4 is 5.78 Å². The van der Waals surface area contributed by atoms with Crippen LogP contribution < -0.4 is 0 Å². The third-order valence-electron chi connectivity index (χ3n) is 2.47. The number of Topliss-reactive ketones (excluding diaryl/α,β-unsaturated/α-hetero) is 1. The van der Waals surface area contributed by atoms with Crippen LogP contribution >= 0.6 is 0 Å². The molecule has 0 bridgehead atoms. The van der Waals surface area contributed by atoms with Gasteiger partial charge in [-0.1, -0.05) is 6.07 Å². The number of ketones is 1. The molecule has 2 aromatic rings. The van der Waals surface area contributed by atoms with Crippen molar-refractivity contribution in [3.63, 3.8) is 0 Å². The molecule has 16 heavy (non-hydrogen) atoms. The Bertz CT molecular complexity index is 476. The summed E-state index contributed by atoms with van der Waals surface area (Å²) in [6.07, 6.45) is 6.36. The summed E-state index contributed by atoms with van der Waals surface area (Å²) < 4.78 is 1.60. The van der Waals surface area contributed by atoms with Gasteiger partial charge in [0.25, 0.3) is 0 Å². The standard InChI is InChI=1S/C12H13N3O/c1-15-11(6-8-14-15)12(16)5-4-10-3-2-7-13-9-10/h2-3,6-9H,4-5H2,1H3. The fourth-order valence-electron chi connectivity index (χ4n) is 1.58. The molecule has 2 rings (SSSR count). The molecule has 0 N–H and O–H groups in total. The highest BCUT2D eigenvalue weighted by Gasteiger charge is 2.09. The summed E-state index contributed by atoms with van der Waals surface area (Å²) in [7, 11) is 1.78. The largest absolute Gasteiger partial charge is 0.292 e. The number of hydrogen-bond acceptors (Lipinski definition) is 3. The molecule has 4 nitrogen and oxygen atoms in total. The second-order valence-corrected chi connectivity index (χ2v) is 3.62. The molecule has 0 spiro atoms. The van der Waals surface area contributed by atoms with E-state index in [1.165, 1.54) is 0 Å². The molecule has 2 aromatic heterocycles. The topological polar surface area (TPSA) is 47.8 Å². The van der Waals surface area contributed by atoms with E-state index in [-0.39, 0.29) is 5.78 Å². The van der Waals surface area contributed by atoms with Gasteiger partial charge in [0.1, 0.15) is 5.69 Å². The maximum atomic E-state index is 11.8. The van der Waals surface area contributed by atoms with Crippen LogP contribution in [0.25, 0.3) is 0 Å². The number of carbonyl (C=O) groups is 1. The lowest BCUT2D eigenvalue weighted by atomic mass is 10.1. The first-order chi connectivity index (χ1) is 7.77. The van der Waals surface area contributed by atoms with E-state index in [2.05, 4.69) is 10.1 Å². The maximum Gasteiger partial charge on any atom is 0.181 e. The third kappa shape index (κ3) is 2.34. The van der Waals surface area contributed by atoms with E-state index in [0.717, 1.165) is 12.0 Å². The van der Waals surface area contributed by atoms with Gasteiger partial charge in [-0.2, -0.15) is 5.10 Å². The number of rotatable bonds is 4. The Morgan fingerprint density at radius 3 is 2.88 bits per heavy atom. The van der Waals surface area contributed by atoms with E-state index in [1.807, 2.05) is 12.1 Å². The summed E-state index contributed by atoms with van der Waals surface area (Å²) in [5, 5.41) is 3.98. The fourth-order valence-corrected chi connectivity index (χ4v) is 1.58. The van der Waals surface area contributed by atoms with E-state index >= 15 is 0 Å². The molecule has 0 radical (unpaired) electrons. The maximum absolute atomic E-state index is 11.8. The second kappa shape index (κ2) is 4.70. The molecule has 82 valence electrons. The first-order valence-corrected chi connectivity index (χ1v) is 5.17. The summed E-state index contributed by atoms with van der Waals surface area (Å²) >= 11 is 0. The van der Waals surface area contributed by atoms with Gasteiger partial charge in [0, 0.05) is 32.1 Å². The summed E-state index contributed by atoms with van der Waals surface area (Å²) in [6, 6.07) is 5.60. The Labute approximate surface area is 93.9 Å². The molecule has 0 unspecified atom stereocenters. The van der Waals surface area contributed by atoms with Crippen LogP contribution in [-0.2, 0) is 13.5 Å². The van der Waals surface area contributed by atoms with E-state index in [0.29, 0.717) is 12.1 Å². The normalized spacial score (nSPS) is 10.3. The number of nitrogens with zero attached hydrogens (tertiary/aromatic N) is 3. The first-order valence-electron chi connectivity index (χ1n) is 5.17. The van der Waals surface area contributed by atoms with Gasteiger partial charge in [-0.05, 0) is 24.1 Å². The van der Waals surface area contributed by atoms with Gasteiger partial charge in [0.15, 0.2) is 5.78 Å². The zero-order valence-corrected chi connectivity index (χ0v) is 9.13. The molecule has 0 saturated heterocycles. The number of aryl methyl sites for hydroxylation is 2. The molecule has 2 heterocycles. The number of hydrogen-bond donors (Lipinski definition) is 0. The Morgan fingerprint density at radius 1 is 1.38 bits per heavy atom. The predicted molar refractivity (Wildman–Crippen MR) is 60.1 cm³/mol. The van der Waals surface area contributed by atoms with Crippen LogP contribution in [0.5, 0.6) is 0 Å². The van der Waals surface area contributed by atoms with E-state index in [4.69, 9.17) is 0 Å². The van der Waals surface area contributed by atoms with E-state index < -0.39 is 0 Å². The molecule has 0 aliphatic carbocycles. The highest BCUT2D eigenvalue weighted by Crippen LogP contribution is 2.06. The van der Waals surface area contributed by atoms with Crippen molar-refractivity contribution in [2.75, 3.05) is 0 Å². The van der Waals surface area contributed by atoms with Crippen LogP contribution in [0.3, 0.4) is 0 Å². The van der Waals surface area contributed by atoms with Gasteiger partial charge < -0.3 is 0 Å². The monoisotopic (exact) mass is 215 g/mol. The number of carbonyl (C=O) groups excluding carboxylic acids is 1. The second-order valence-electron chi connectivity index (χ2n) is 3.62. The SMILES string of the molecule is Cn1nccc1C(=O)CCc1cccnc1. The highest BCUT2D eigenvalue weighted by molar-refractivity contribution is 5.94. The zero-order valence-electron chi connectivity index (χ0n) is 9.13. The van der Waals surface area contributed by atoms with Crippen molar-refractivity contribution in [1.82, 2.24) is 14.8 Å². The minimum Gasteiger partial charge on any atom is -0.292 e. The van der Waals surface area contributed by atoms with E-state index in [9.17, 15) is 4.79 Å². The Balaban J connectivity index is 1.97. The Morgan fingerprint density at radius 2 is 2.25 bits per heavy atom. The lowest BCUT2D eigenvalue weighted by molar-refractivity contribution is 0.0973. The average Bonchev–Trinajstić information content (AvgIpc) is 2.74. The van der Waals surface area contributed by atoms with Gasteiger partial charge in [-0.25, -0.2) is 0 Å². The van der Waals surface area contributed by atoms with Crippen LogP contribution in [0.2, 0.25) is 0 Å². The van der Waals surface area contributed by atoms with Crippen molar-refractivity contribution in [1.29, 1.82) is 0 Å². The lowest BCUT2D eigenvalue weighted by Gasteiger charge is -2.01. The first kappa shape index (κ1) is 10.5. The summed E-state index contributed by atoms with van der Waals surface area (Å²) in [5.74, 6) is 0.115. The molecule has 4 heteroatoms. The van der Waals surface area contributed by atoms with Crippen LogP contribution in [0.4, 0.5) is 0 Å². The van der Waals surface area contributed by atoms with Crippen molar-refractivity contribution in [3.8, 4) is 0 Å². The number of aromatic nitrogens is 3. The van der Waals surface area contributed by atoms with Gasteiger partial charge in [0.2, 0.25) is 0 Å². The fraction of sp³-hybridized carbons (Fsp3) is 0.250. The summed E-state index contributed by atoms with van der Waals surface area (Å²) in [5.41, 5.74) is 1.74. The minimum atomic E-state index is 0.115. The smallest absolute Gasteiger partial charge is 0.181 e. The van der Waals surface area contributed by atoms with Crippen LogP contribution in [0.15, 0.2) is 36.8 Å². The minimum absolute atomic E-state index is 0.115. The molecule has 0 aliphatic heterocycles. The summed E-state index contributed by atoms with van der Waals surface area (Å²) in [6.45, 7) is 0. The highest BCUT2D eigenvalue weighted by atomic mass is 16.1. The molecule has 0 fully saturated rings. The predicted octanol–water partition coefficient (Wildman–Crippen LogP) is 1.63. The van der Waals surface area contributed by atoms with E-state index in [1.54, 1.807) is 36.4 Å². The molecule has 0 aliphatic rings. The van der Waals surface area contributed by atoms with Crippen LogP contribution in [0.1, 0.15) is 22.5 Å². The lowest BCUT2D eigenvalue weighted by Crippen LogP contribution is -2.07. The zero-order chi connectivity index (χ0) is 11.4.